The molecule has 2 aromatic carbocycles. The van der Waals surface area contributed by atoms with Crippen LogP contribution in [0.15, 0.2) is 53.0 Å². The van der Waals surface area contributed by atoms with Crippen LogP contribution >= 0.6 is 15.9 Å². The zero-order chi connectivity index (χ0) is 12.1. The number of rotatable bonds is 4. The van der Waals surface area contributed by atoms with E-state index in [-0.39, 0.29) is 0 Å². The molecule has 0 heterocycles. The van der Waals surface area contributed by atoms with Crippen LogP contribution in [0.1, 0.15) is 11.1 Å². The van der Waals surface area contributed by atoms with Gasteiger partial charge in [-0.2, -0.15) is 0 Å². The van der Waals surface area contributed by atoms with E-state index in [2.05, 4.69) is 22.0 Å². The highest BCUT2D eigenvalue weighted by atomic mass is 79.9. The van der Waals surface area contributed by atoms with Gasteiger partial charge in [0.15, 0.2) is 0 Å². The molecule has 0 fully saturated rings. The lowest BCUT2D eigenvalue weighted by Gasteiger charge is -2.07. The van der Waals surface area contributed by atoms with Crippen molar-refractivity contribution in [3.8, 4) is 5.75 Å². The van der Waals surface area contributed by atoms with E-state index in [9.17, 15) is 0 Å². The Balaban J connectivity index is 2.02. The van der Waals surface area contributed by atoms with Gasteiger partial charge in [0.1, 0.15) is 12.4 Å². The highest BCUT2D eigenvalue weighted by Gasteiger charge is 1.98. The Hall–Kier alpha value is -1.32. The van der Waals surface area contributed by atoms with Gasteiger partial charge < -0.3 is 10.5 Å². The topological polar surface area (TPSA) is 35.2 Å². The van der Waals surface area contributed by atoms with E-state index in [1.54, 1.807) is 0 Å². The molecule has 0 spiro atoms. The lowest BCUT2D eigenvalue weighted by atomic mass is 10.1. The van der Waals surface area contributed by atoms with Gasteiger partial charge in [0.2, 0.25) is 0 Å². The summed E-state index contributed by atoms with van der Waals surface area (Å²) in [7, 11) is 0. The Bertz CT molecular complexity index is 499. The SMILES string of the molecule is NCc1cccc(COc2cccc(Br)c2)c1. The Morgan fingerprint density at radius 1 is 1.00 bits per heavy atom. The summed E-state index contributed by atoms with van der Waals surface area (Å²) in [6.45, 7) is 1.12. The second-order valence-corrected chi connectivity index (χ2v) is 4.69. The molecule has 3 heteroatoms. The van der Waals surface area contributed by atoms with Crippen molar-refractivity contribution in [2.45, 2.75) is 13.2 Å². The van der Waals surface area contributed by atoms with Crippen LogP contribution in [0, 0.1) is 0 Å². The third kappa shape index (κ3) is 3.58. The third-order valence-corrected chi connectivity index (χ3v) is 2.92. The first-order valence-electron chi connectivity index (χ1n) is 5.44. The normalized spacial score (nSPS) is 10.2. The second-order valence-electron chi connectivity index (χ2n) is 3.77. The molecule has 0 saturated heterocycles. The minimum atomic E-state index is 0.560. The van der Waals surface area contributed by atoms with Crippen molar-refractivity contribution in [3.05, 3.63) is 64.1 Å². The predicted octanol–water partition coefficient (Wildman–Crippen LogP) is 3.49. The molecule has 0 amide bonds. The summed E-state index contributed by atoms with van der Waals surface area (Å²) in [6, 6.07) is 15.9. The largest absolute Gasteiger partial charge is 0.489 e. The zero-order valence-corrected chi connectivity index (χ0v) is 11.0. The molecule has 0 saturated carbocycles. The molecular formula is C14H14BrNO. The molecule has 0 aliphatic carbocycles. The minimum Gasteiger partial charge on any atom is -0.489 e. The molecular weight excluding hydrogens is 278 g/mol. The molecule has 0 atom stereocenters. The average Bonchev–Trinajstić information content (AvgIpc) is 2.37. The van der Waals surface area contributed by atoms with Crippen LogP contribution in [-0.2, 0) is 13.2 Å². The molecule has 0 aliphatic rings. The van der Waals surface area contributed by atoms with Gasteiger partial charge in [-0.05, 0) is 29.3 Å². The van der Waals surface area contributed by atoms with E-state index in [4.69, 9.17) is 10.5 Å². The van der Waals surface area contributed by atoms with Gasteiger partial charge >= 0.3 is 0 Å². The number of hydrogen-bond acceptors (Lipinski definition) is 2. The Labute approximate surface area is 110 Å². The van der Waals surface area contributed by atoms with Crippen molar-refractivity contribution < 1.29 is 4.74 Å². The summed E-state index contributed by atoms with van der Waals surface area (Å²) < 4.78 is 6.72. The second kappa shape index (κ2) is 5.84. The maximum Gasteiger partial charge on any atom is 0.120 e. The smallest absolute Gasteiger partial charge is 0.120 e. The van der Waals surface area contributed by atoms with Gasteiger partial charge in [-0.15, -0.1) is 0 Å². The molecule has 0 unspecified atom stereocenters. The summed E-state index contributed by atoms with van der Waals surface area (Å²) in [5, 5.41) is 0. The van der Waals surface area contributed by atoms with Crippen molar-refractivity contribution >= 4 is 15.9 Å². The summed E-state index contributed by atoms with van der Waals surface area (Å²) in [6.07, 6.45) is 0. The van der Waals surface area contributed by atoms with Crippen molar-refractivity contribution in [1.82, 2.24) is 0 Å². The van der Waals surface area contributed by atoms with Crippen LogP contribution in [-0.4, -0.2) is 0 Å². The molecule has 2 nitrogen and oxygen atoms in total. The highest BCUT2D eigenvalue weighted by Crippen LogP contribution is 2.19. The first kappa shape index (κ1) is 12.1. The fourth-order valence-electron chi connectivity index (χ4n) is 1.57. The molecule has 0 bridgehead atoms. The van der Waals surface area contributed by atoms with Crippen molar-refractivity contribution in [3.63, 3.8) is 0 Å². The number of hydrogen-bond donors (Lipinski definition) is 1. The van der Waals surface area contributed by atoms with Gasteiger partial charge in [-0.25, -0.2) is 0 Å². The molecule has 2 aromatic rings. The van der Waals surface area contributed by atoms with Crippen molar-refractivity contribution in [2.24, 2.45) is 5.73 Å². The fraction of sp³-hybridized carbons (Fsp3) is 0.143. The molecule has 2 rings (SSSR count). The molecule has 0 aromatic heterocycles. The van der Waals surface area contributed by atoms with Gasteiger partial charge in [-0.1, -0.05) is 46.3 Å². The number of ether oxygens (including phenoxy) is 1. The van der Waals surface area contributed by atoms with E-state index in [1.165, 1.54) is 0 Å². The molecule has 0 radical (unpaired) electrons. The summed E-state index contributed by atoms with van der Waals surface area (Å²) >= 11 is 3.41. The van der Waals surface area contributed by atoms with Gasteiger partial charge in [-0.3, -0.25) is 0 Å². The van der Waals surface area contributed by atoms with Gasteiger partial charge in [0.25, 0.3) is 0 Å². The van der Waals surface area contributed by atoms with Crippen LogP contribution in [0.4, 0.5) is 0 Å². The lowest BCUT2D eigenvalue weighted by Crippen LogP contribution is -1.99. The van der Waals surface area contributed by atoms with Crippen LogP contribution in [0.3, 0.4) is 0 Å². The van der Waals surface area contributed by atoms with E-state index in [1.807, 2.05) is 42.5 Å². The molecule has 0 aliphatic heterocycles. The van der Waals surface area contributed by atoms with Crippen LogP contribution < -0.4 is 10.5 Å². The minimum absolute atomic E-state index is 0.560. The van der Waals surface area contributed by atoms with E-state index >= 15 is 0 Å². The van der Waals surface area contributed by atoms with Crippen LogP contribution in [0.5, 0.6) is 5.75 Å². The maximum absolute atomic E-state index is 5.70. The quantitative estimate of drug-likeness (QED) is 0.936. The average molecular weight is 292 g/mol. The Morgan fingerprint density at radius 3 is 2.53 bits per heavy atom. The van der Waals surface area contributed by atoms with E-state index in [0.29, 0.717) is 13.2 Å². The van der Waals surface area contributed by atoms with Crippen LogP contribution in [0.25, 0.3) is 0 Å². The van der Waals surface area contributed by atoms with E-state index < -0.39 is 0 Å². The number of halogens is 1. The first-order chi connectivity index (χ1) is 8.28. The summed E-state index contributed by atoms with van der Waals surface area (Å²) in [5.74, 6) is 0.859. The lowest BCUT2D eigenvalue weighted by molar-refractivity contribution is 0.306. The fourth-order valence-corrected chi connectivity index (χ4v) is 1.95. The maximum atomic E-state index is 5.70. The Morgan fingerprint density at radius 2 is 1.76 bits per heavy atom. The molecule has 2 N–H and O–H groups in total. The molecule has 88 valence electrons. The first-order valence-corrected chi connectivity index (χ1v) is 6.23. The van der Waals surface area contributed by atoms with E-state index in [0.717, 1.165) is 21.3 Å². The van der Waals surface area contributed by atoms with Gasteiger partial charge in [0.05, 0.1) is 0 Å². The predicted molar refractivity (Wildman–Crippen MR) is 72.8 cm³/mol. The highest BCUT2D eigenvalue weighted by molar-refractivity contribution is 9.10. The van der Waals surface area contributed by atoms with Gasteiger partial charge in [0, 0.05) is 11.0 Å². The number of benzene rings is 2. The van der Waals surface area contributed by atoms with Crippen LogP contribution in [0.2, 0.25) is 0 Å². The monoisotopic (exact) mass is 291 g/mol. The third-order valence-electron chi connectivity index (χ3n) is 2.43. The van der Waals surface area contributed by atoms with Crippen molar-refractivity contribution in [2.75, 3.05) is 0 Å². The number of nitrogens with two attached hydrogens (primary N) is 1. The molecule has 17 heavy (non-hydrogen) atoms. The Kier molecular flexibility index (Phi) is 4.18. The standard InChI is InChI=1S/C14H14BrNO/c15-13-5-2-6-14(8-13)17-10-12-4-1-3-11(7-12)9-16/h1-8H,9-10,16H2. The zero-order valence-electron chi connectivity index (χ0n) is 9.40. The summed E-state index contributed by atoms with van der Waals surface area (Å²) in [4.78, 5) is 0. The summed E-state index contributed by atoms with van der Waals surface area (Å²) in [5.41, 5.74) is 7.86. The van der Waals surface area contributed by atoms with Crippen molar-refractivity contribution in [1.29, 1.82) is 0 Å².